The first kappa shape index (κ1) is 18.6. The van der Waals surface area contributed by atoms with Crippen LogP contribution in [0.25, 0.3) is 11.5 Å². The maximum atomic E-state index is 12.0. The number of hydrogen-bond acceptors (Lipinski definition) is 7. The zero-order valence-corrected chi connectivity index (χ0v) is 16.3. The Morgan fingerprint density at radius 2 is 2.00 bits per heavy atom. The highest BCUT2D eigenvalue weighted by molar-refractivity contribution is 7.99. The van der Waals surface area contributed by atoms with E-state index in [1.54, 1.807) is 18.2 Å². The summed E-state index contributed by atoms with van der Waals surface area (Å²) in [7, 11) is 0. The molecule has 2 aromatic carbocycles. The molecule has 7 nitrogen and oxygen atoms in total. The quantitative estimate of drug-likeness (QED) is 0.583. The molecule has 1 aromatic heterocycles. The average molecular weight is 418 g/mol. The fourth-order valence-corrected chi connectivity index (χ4v) is 3.47. The second-order valence-electron chi connectivity index (χ2n) is 5.91. The average Bonchev–Trinajstić information content (AvgIpc) is 3.36. The molecule has 0 aliphatic carbocycles. The molecule has 144 valence electrons. The number of hydrogen-bond donors (Lipinski definition) is 1. The number of nitrogens with zero attached hydrogens (tertiary/aromatic N) is 2. The van der Waals surface area contributed by atoms with Crippen LogP contribution in [0.15, 0.2) is 52.1 Å². The van der Waals surface area contributed by atoms with Gasteiger partial charge in [0.15, 0.2) is 11.5 Å². The molecule has 9 heteroatoms. The summed E-state index contributed by atoms with van der Waals surface area (Å²) in [6.07, 6.45) is 0.330. The summed E-state index contributed by atoms with van der Waals surface area (Å²) in [4.78, 5) is 12.0. The number of carbonyl (C=O) groups excluding carboxylic acids is 1. The van der Waals surface area contributed by atoms with Gasteiger partial charge >= 0.3 is 0 Å². The van der Waals surface area contributed by atoms with Gasteiger partial charge in [0.05, 0.1) is 0 Å². The number of rotatable bonds is 7. The Hall–Kier alpha value is -2.71. The lowest BCUT2D eigenvalue weighted by molar-refractivity contribution is -0.120. The minimum absolute atomic E-state index is 0.0667. The highest BCUT2D eigenvalue weighted by Gasteiger charge is 2.17. The molecule has 0 atom stereocenters. The fourth-order valence-electron chi connectivity index (χ4n) is 2.57. The van der Waals surface area contributed by atoms with Crippen LogP contribution in [0.2, 0.25) is 5.02 Å². The van der Waals surface area contributed by atoms with Crippen molar-refractivity contribution in [2.24, 2.45) is 0 Å². The van der Waals surface area contributed by atoms with Gasteiger partial charge in [0.2, 0.25) is 18.6 Å². The molecule has 1 amide bonds. The Bertz CT molecular complexity index is 995. The maximum Gasteiger partial charge on any atom is 0.276 e. The van der Waals surface area contributed by atoms with Crippen LogP contribution < -0.4 is 14.8 Å². The van der Waals surface area contributed by atoms with E-state index in [4.69, 9.17) is 25.5 Å². The van der Waals surface area contributed by atoms with E-state index >= 15 is 0 Å². The molecule has 0 radical (unpaired) electrons. The molecule has 0 saturated heterocycles. The van der Waals surface area contributed by atoms with Crippen molar-refractivity contribution in [2.75, 3.05) is 12.5 Å². The Kier molecular flexibility index (Phi) is 5.68. The predicted molar refractivity (Wildman–Crippen MR) is 104 cm³/mol. The van der Waals surface area contributed by atoms with Crippen molar-refractivity contribution in [3.63, 3.8) is 0 Å². The molecule has 1 aliphatic heterocycles. The molecule has 28 heavy (non-hydrogen) atoms. The second-order valence-corrected chi connectivity index (χ2v) is 7.36. The van der Waals surface area contributed by atoms with E-state index in [0.717, 1.165) is 11.1 Å². The van der Waals surface area contributed by atoms with Crippen LogP contribution >= 0.6 is 23.4 Å². The monoisotopic (exact) mass is 417 g/mol. The van der Waals surface area contributed by atoms with Crippen LogP contribution in [0.1, 0.15) is 12.0 Å². The Morgan fingerprint density at radius 3 is 2.89 bits per heavy atom. The van der Waals surface area contributed by atoms with Crippen molar-refractivity contribution >= 4 is 29.3 Å². The van der Waals surface area contributed by atoms with Crippen LogP contribution in [0.4, 0.5) is 0 Å². The van der Waals surface area contributed by atoms with Gasteiger partial charge in [-0.3, -0.25) is 4.79 Å². The van der Waals surface area contributed by atoms with Crippen molar-refractivity contribution in [3.05, 3.63) is 53.1 Å². The topological polar surface area (TPSA) is 86.5 Å². The molecule has 3 aromatic rings. The smallest absolute Gasteiger partial charge is 0.276 e. The molecular weight excluding hydrogens is 402 g/mol. The number of benzene rings is 2. The predicted octanol–water partition coefficient (Wildman–Crippen LogP) is 3.92. The fraction of sp³-hybridized carbons (Fsp3) is 0.211. The van der Waals surface area contributed by atoms with Crippen molar-refractivity contribution in [1.29, 1.82) is 0 Å². The lowest BCUT2D eigenvalue weighted by Gasteiger charge is -2.06. The first-order valence-corrected chi connectivity index (χ1v) is 9.92. The molecule has 0 bridgehead atoms. The summed E-state index contributed by atoms with van der Waals surface area (Å²) in [5.74, 6) is 2.20. The van der Waals surface area contributed by atoms with Gasteiger partial charge in [0.25, 0.3) is 5.22 Å². The SMILES string of the molecule is O=C(CCSc1nnc(-c2ccc3c(c2)OCO3)o1)NCc1ccccc1Cl. The minimum atomic E-state index is -0.0667. The summed E-state index contributed by atoms with van der Waals surface area (Å²) in [5.41, 5.74) is 1.64. The van der Waals surface area contributed by atoms with E-state index in [1.165, 1.54) is 11.8 Å². The number of thioether (sulfide) groups is 1. The number of amides is 1. The number of halogens is 1. The molecule has 1 N–H and O–H groups in total. The van der Waals surface area contributed by atoms with E-state index in [0.29, 0.717) is 46.4 Å². The van der Waals surface area contributed by atoms with Gasteiger partial charge in [-0.1, -0.05) is 41.6 Å². The summed E-state index contributed by atoms with van der Waals surface area (Å²) in [5, 5.41) is 12.0. The van der Waals surface area contributed by atoms with Gasteiger partial charge in [0.1, 0.15) is 0 Å². The zero-order valence-electron chi connectivity index (χ0n) is 14.7. The lowest BCUT2D eigenvalue weighted by Crippen LogP contribution is -2.23. The van der Waals surface area contributed by atoms with Gasteiger partial charge < -0.3 is 19.2 Å². The van der Waals surface area contributed by atoms with Crippen molar-refractivity contribution < 1.29 is 18.7 Å². The summed E-state index contributed by atoms with van der Waals surface area (Å²) in [6.45, 7) is 0.611. The third-order valence-electron chi connectivity index (χ3n) is 4.01. The number of fused-ring (bicyclic) bond motifs is 1. The molecule has 1 aliphatic rings. The zero-order chi connectivity index (χ0) is 19.3. The van der Waals surface area contributed by atoms with Gasteiger partial charge in [-0.05, 0) is 29.8 Å². The van der Waals surface area contributed by atoms with E-state index < -0.39 is 0 Å². The van der Waals surface area contributed by atoms with Crippen LogP contribution in [0, 0.1) is 0 Å². The van der Waals surface area contributed by atoms with Crippen LogP contribution in [-0.4, -0.2) is 28.7 Å². The third-order valence-corrected chi connectivity index (χ3v) is 5.20. The maximum absolute atomic E-state index is 12.0. The minimum Gasteiger partial charge on any atom is -0.454 e. The number of ether oxygens (including phenoxy) is 2. The van der Waals surface area contributed by atoms with E-state index in [2.05, 4.69) is 15.5 Å². The first-order chi connectivity index (χ1) is 13.7. The van der Waals surface area contributed by atoms with Gasteiger partial charge in [0, 0.05) is 29.3 Å². The molecule has 0 fully saturated rings. The van der Waals surface area contributed by atoms with Gasteiger partial charge in [-0.25, -0.2) is 0 Å². The first-order valence-electron chi connectivity index (χ1n) is 8.55. The molecule has 4 rings (SSSR count). The van der Waals surface area contributed by atoms with Crippen molar-refractivity contribution in [1.82, 2.24) is 15.5 Å². The summed E-state index contributed by atoms with van der Waals surface area (Å²) in [6, 6.07) is 12.9. The van der Waals surface area contributed by atoms with E-state index in [-0.39, 0.29) is 12.7 Å². The standard InChI is InChI=1S/C19H16ClN3O4S/c20-14-4-2-1-3-13(14)10-21-17(24)7-8-28-19-23-22-18(27-19)12-5-6-15-16(9-12)26-11-25-15/h1-6,9H,7-8,10-11H2,(H,21,24). The van der Waals surface area contributed by atoms with Crippen molar-refractivity contribution in [2.45, 2.75) is 18.2 Å². The molecule has 0 saturated carbocycles. The van der Waals surface area contributed by atoms with Gasteiger partial charge in [-0.2, -0.15) is 0 Å². The number of nitrogens with one attached hydrogen (secondary N) is 1. The van der Waals surface area contributed by atoms with E-state index in [1.807, 2.05) is 24.3 Å². The van der Waals surface area contributed by atoms with Crippen LogP contribution in [0.5, 0.6) is 11.5 Å². The Labute approximate surface area is 170 Å². The highest BCUT2D eigenvalue weighted by atomic mass is 35.5. The Balaban J connectivity index is 1.26. The number of carbonyl (C=O) groups is 1. The normalized spacial score (nSPS) is 12.2. The number of aromatic nitrogens is 2. The second kappa shape index (κ2) is 8.53. The largest absolute Gasteiger partial charge is 0.454 e. The molecule has 0 unspecified atom stereocenters. The van der Waals surface area contributed by atoms with Crippen molar-refractivity contribution in [3.8, 4) is 23.0 Å². The van der Waals surface area contributed by atoms with Gasteiger partial charge in [-0.15, -0.1) is 10.2 Å². The molecule has 0 spiro atoms. The molecule has 2 heterocycles. The van der Waals surface area contributed by atoms with Crippen LogP contribution in [-0.2, 0) is 11.3 Å². The lowest BCUT2D eigenvalue weighted by atomic mass is 10.2. The third kappa shape index (κ3) is 4.40. The summed E-state index contributed by atoms with van der Waals surface area (Å²) < 4.78 is 16.3. The van der Waals surface area contributed by atoms with Crippen LogP contribution in [0.3, 0.4) is 0 Å². The van der Waals surface area contributed by atoms with E-state index in [9.17, 15) is 4.79 Å². The highest BCUT2D eigenvalue weighted by Crippen LogP contribution is 2.36. The molecular formula is C19H16ClN3O4S. The Morgan fingerprint density at radius 1 is 1.14 bits per heavy atom. The summed E-state index contributed by atoms with van der Waals surface area (Å²) >= 11 is 7.41.